The van der Waals surface area contributed by atoms with E-state index in [4.69, 9.17) is 9.16 Å². The van der Waals surface area contributed by atoms with Crippen molar-refractivity contribution in [2.45, 2.75) is 78.9 Å². The highest BCUT2D eigenvalue weighted by Gasteiger charge is 2.54. The number of aryl methyl sites for hydroxylation is 1. The number of β-lactam (4-membered cyclic amide) rings is 1. The Hall–Kier alpha value is -1.51. The van der Waals surface area contributed by atoms with Crippen molar-refractivity contribution in [3.8, 4) is 0 Å². The monoisotopic (exact) mass is 409 g/mol. The van der Waals surface area contributed by atoms with E-state index in [0.717, 1.165) is 5.69 Å². The third kappa shape index (κ3) is 4.55. The lowest BCUT2D eigenvalue weighted by atomic mass is 9.79. The molecule has 7 nitrogen and oxygen atoms in total. The molecular weight excluding hydrogens is 374 g/mol. The molecule has 1 fully saturated rings. The Morgan fingerprint density at radius 2 is 1.96 bits per heavy atom. The standard InChI is InChI=1S/C20H35N3O4Si/c1-14-11-16(21-22(14)9-10-26-6)17(24)12-15-13-18(25)23(15)20(5,19(2,3)4)27-28(7)8/h11,15,28H,9-10,12-13H2,1-8H3/t15-,20-/m1/s1. The molecule has 0 saturated carbocycles. The summed E-state index contributed by atoms with van der Waals surface area (Å²) in [5, 5.41) is 4.42. The molecule has 0 N–H and O–H groups in total. The summed E-state index contributed by atoms with van der Waals surface area (Å²) in [5.41, 5.74) is 0.390. The van der Waals surface area contributed by atoms with Gasteiger partial charge >= 0.3 is 0 Å². The highest BCUT2D eigenvalue weighted by molar-refractivity contribution is 6.48. The molecule has 0 aliphatic carbocycles. The Bertz CT molecular complexity index is 726. The molecule has 2 rings (SSSR count). The Morgan fingerprint density at radius 3 is 2.46 bits per heavy atom. The van der Waals surface area contributed by atoms with Gasteiger partial charge in [0.15, 0.2) is 14.8 Å². The first-order valence-electron chi connectivity index (χ1n) is 9.97. The summed E-state index contributed by atoms with van der Waals surface area (Å²) in [5.74, 6) is 0.00602. The first kappa shape index (κ1) is 22.8. The van der Waals surface area contributed by atoms with E-state index in [2.05, 4.69) is 39.0 Å². The Morgan fingerprint density at radius 1 is 1.32 bits per heavy atom. The second kappa shape index (κ2) is 8.47. The van der Waals surface area contributed by atoms with Crippen LogP contribution in [0.1, 0.15) is 56.7 Å². The smallest absolute Gasteiger partial charge is 0.227 e. The van der Waals surface area contributed by atoms with E-state index < -0.39 is 14.8 Å². The lowest BCUT2D eigenvalue weighted by Gasteiger charge is -2.57. The first-order valence-corrected chi connectivity index (χ1v) is 12.8. The number of aromatic nitrogens is 2. The van der Waals surface area contributed by atoms with E-state index in [9.17, 15) is 9.59 Å². The molecule has 0 unspecified atom stereocenters. The van der Waals surface area contributed by atoms with Gasteiger partial charge in [-0.25, -0.2) is 0 Å². The van der Waals surface area contributed by atoms with Gasteiger partial charge in [0.2, 0.25) is 5.91 Å². The molecule has 1 aromatic heterocycles. The van der Waals surface area contributed by atoms with E-state index in [-0.39, 0.29) is 29.6 Å². The van der Waals surface area contributed by atoms with Gasteiger partial charge in [0.05, 0.1) is 19.2 Å². The fourth-order valence-electron chi connectivity index (χ4n) is 3.66. The zero-order valence-electron chi connectivity index (χ0n) is 18.5. The normalized spacial score (nSPS) is 19.7. The minimum atomic E-state index is -1.40. The number of methoxy groups -OCH3 is 1. The van der Waals surface area contributed by atoms with Gasteiger partial charge in [0.1, 0.15) is 11.4 Å². The Labute approximate surface area is 170 Å². The van der Waals surface area contributed by atoms with Crippen LogP contribution in [0.3, 0.4) is 0 Å². The highest BCUT2D eigenvalue weighted by Crippen LogP contribution is 2.43. The quantitative estimate of drug-likeness (QED) is 0.356. The van der Waals surface area contributed by atoms with Gasteiger partial charge in [-0.15, -0.1) is 0 Å². The third-order valence-corrected chi connectivity index (χ3v) is 6.49. The summed E-state index contributed by atoms with van der Waals surface area (Å²) in [7, 11) is 0.238. The molecule has 1 aliphatic heterocycles. The largest absolute Gasteiger partial charge is 0.398 e. The average Bonchev–Trinajstić information content (AvgIpc) is 2.91. The highest BCUT2D eigenvalue weighted by atomic mass is 28.3. The van der Waals surface area contributed by atoms with E-state index in [1.165, 1.54) is 0 Å². The van der Waals surface area contributed by atoms with E-state index >= 15 is 0 Å². The number of nitrogens with zero attached hydrogens (tertiary/aromatic N) is 3. The van der Waals surface area contributed by atoms with Gasteiger partial charge in [0.25, 0.3) is 0 Å². The fraction of sp³-hybridized carbons (Fsp3) is 0.750. The summed E-state index contributed by atoms with van der Waals surface area (Å²) >= 11 is 0. The van der Waals surface area contributed by atoms with E-state index in [1.54, 1.807) is 16.7 Å². The molecule has 2 atom stereocenters. The lowest BCUT2D eigenvalue weighted by Crippen LogP contribution is -2.69. The maximum absolute atomic E-state index is 12.9. The molecule has 8 heteroatoms. The van der Waals surface area contributed by atoms with Crippen molar-refractivity contribution >= 4 is 20.7 Å². The lowest BCUT2D eigenvalue weighted by molar-refractivity contribution is -0.204. The van der Waals surface area contributed by atoms with Crippen LogP contribution in [0.5, 0.6) is 0 Å². The van der Waals surface area contributed by atoms with Crippen LogP contribution in [-0.4, -0.2) is 60.9 Å². The SMILES string of the molecule is COCCn1nc(C(=O)C[C@@H]2CC(=O)N2[C@](C)(O[SiH](C)C)C(C)(C)C)cc1C. The van der Waals surface area contributed by atoms with Crippen molar-refractivity contribution in [3.05, 3.63) is 17.5 Å². The van der Waals surface area contributed by atoms with Crippen LogP contribution in [0.15, 0.2) is 6.07 Å². The number of rotatable bonds is 9. The molecule has 2 heterocycles. The molecule has 0 radical (unpaired) electrons. The molecule has 1 saturated heterocycles. The zero-order chi connectivity index (χ0) is 21.3. The topological polar surface area (TPSA) is 73.7 Å². The maximum atomic E-state index is 12.9. The average molecular weight is 410 g/mol. The van der Waals surface area contributed by atoms with E-state index in [0.29, 0.717) is 25.3 Å². The molecular formula is C20H35N3O4Si. The molecule has 0 bridgehead atoms. The second-order valence-corrected chi connectivity index (χ2v) is 11.4. The summed E-state index contributed by atoms with van der Waals surface area (Å²) in [6, 6.07) is 1.66. The predicted molar refractivity (Wildman–Crippen MR) is 111 cm³/mol. The molecule has 158 valence electrons. The van der Waals surface area contributed by atoms with Crippen molar-refractivity contribution < 1.29 is 18.8 Å². The number of carbonyl (C=O) groups is 2. The van der Waals surface area contributed by atoms with Crippen LogP contribution >= 0.6 is 0 Å². The van der Waals surface area contributed by atoms with Crippen molar-refractivity contribution in [2.75, 3.05) is 13.7 Å². The summed E-state index contributed by atoms with van der Waals surface area (Å²) < 4.78 is 13.2. The molecule has 0 aromatic carbocycles. The van der Waals surface area contributed by atoms with Gasteiger partial charge in [-0.3, -0.25) is 14.3 Å². The summed E-state index contributed by atoms with van der Waals surface area (Å²) in [4.78, 5) is 27.2. The van der Waals surface area contributed by atoms with Crippen LogP contribution in [0, 0.1) is 12.3 Å². The number of hydrogen-bond donors (Lipinski definition) is 0. The number of amides is 1. The predicted octanol–water partition coefficient (Wildman–Crippen LogP) is 2.77. The molecule has 1 aromatic rings. The number of ketones is 1. The van der Waals surface area contributed by atoms with Gasteiger partial charge in [0, 0.05) is 31.1 Å². The van der Waals surface area contributed by atoms with Crippen molar-refractivity contribution in [1.82, 2.24) is 14.7 Å². The van der Waals surface area contributed by atoms with Gasteiger partial charge in [-0.05, 0) is 33.0 Å². The molecule has 28 heavy (non-hydrogen) atoms. The first-order chi connectivity index (χ1) is 12.9. The molecule has 0 spiro atoms. The minimum Gasteiger partial charge on any atom is -0.398 e. The number of ether oxygens (including phenoxy) is 1. The number of likely N-dealkylation sites (tertiary alicyclic amines) is 1. The van der Waals surface area contributed by atoms with Crippen LogP contribution in [0.2, 0.25) is 13.1 Å². The number of Topliss-reactive ketones (excluding diaryl/α,β-unsaturated/α-hetero) is 1. The fourth-order valence-corrected chi connectivity index (χ4v) is 5.04. The van der Waals surface area contributed by atoms with Crippen LogP contribution in [-0.2, 0) is 20.5 Å². The van der Waals surface area contributed by atoms with Gasteiger partial charge in [-0.2, -0.15) is 5.10 Å². The molecule has 1 amide bonds. The number of hydrogen-bond acceptors (Lipinski definition) is 5. The van der Waals surface area contributed by atoms with E-state index in [1.807, 2.05) is 19.9 Å². The van der Waals surface area contributed by atoms with Crippen LogP contribution < -0.4 is 0 Å². The van der Waals surface area contributed by atoms with Crippen molar-refractivity contribution in [2.24, 2.45) is 5.41 Å². The third-order valence-electron chi connectivity index (χ3n) is 5.56. The number of carbonyl (C=O) groups excluding carboxylic acids is 2. The summed E-state index contributed by atoms with van der Waals surface area (Å²) in [6.45, 7) is 15.5. The Balaban J connectivity index is 2.17. The molecule has 1 aliphatic rings. The van der Waals surface area contributed by atoms with Crippen molar-refractivity contribution in [1.29, 1.82) is 0 Å². The van der Waals surface area contributed by atoms with Gasteiger partial charge < -0.3 is 14.1 Å². The van der Waals surface area contributed by atoms with Crippen LogP contribution in [0.4, 0.5) is 0 Å². The Kier molecular flexibility index (Phi) is 6.89. The zero-order valence-corrected chi connectivity index (χ0v) is 19.7. The van der Waals surface area contributed by atoms with Crippen molar-refractivity contribution in [3.63, 3.8) is 0 Å². The second-order valence-electron chi connectivity index (χ2n) is 9.04. The maximum Gasteiger partial charge on any atom is 0.227 e. The summed E-state index contributed by atoms with van der Waals surface area (Å²) in [6.07, 6.45) is 0.644. The van der Waals surface area contributed by atoms with Crippen LogP contribution in [0.25, 0.3) is 0 Å². The minimum absolute atomic E-state index is 0.0418. The van der Waals surface area contributed by atoms with Gasteiger partial charge in [-0.1, -0.05) is 20.8 Å².